The number of likely N-dealkylation sites (tertiary alicyclic amines) is 1. The summed E-state index contributed by atoms with van der Waals surface area (Å²) < 4.78 is 1.70. The fourth-order valence-corrected chi connectivity index (χ4v) is 3.42. The van der Waals surface area contributed by atoms with E-state index < -0.39 is 0 Å². The molecule has 2 N–H and O–H groups in total. The number of nitrogens with one attached hydrogen (secondary N) is 2. The maximum Gasteiger partial charge on any atom is 0.347 e. The first-order valence-electron chi connectivity index (χ1n) is 8.24. The van der Waals surface area contributed by atoms with E-state index >= 15 is 0 Å². The van der Waals surface area contributed by atoms with E-state index in [1.54, 1.807) is 10.8 Å². The average Bonchev–Trinajstić information content (AvgIpc) is 3.25. The molecule has 1 saturated heterocycles. The van der Waals surface area contributed by atoms with Gasteiger partial charge in [0.2, 0.25) is 0 Å². The van der Waals surface area contributed by atoms with Gasteiger partial charge in [-0.2, -0.15) is 5.10 Å². The highest BCUT2D eigenvalue weighted by molar-refractivity contribution is 5.32. The van der Waals surface area contributed by atoms with Gasteiger partial charge in [0, 0.05) is 24.9 Å². The molecule has 0 aliphatic carbocycles. The van der Waals surface area contributed by atoms with Gasteiger partial charge in [0.25, 0.3) is 0 Å². The smallest absolute Gasteiger partial charge is 0.347 e. The molecule has 3 aromatic rings. The summed E-state index contributed by atoms with van der Waals surface area (Å²) in [5, 5.41) is 6.94. The van der Waals surface area contributed by atoms with Gasteiger partial charge in [-0.05, 0) is 31.5 Å². The number of rotatable bonds is 4. The molecule has 0 radical (unpaired) electrons. The average molecular weight is 324 g/mol. The van der Waals surface area contributed by atoms with E-state index in [2.05, 4.69) is 25.1 Å². The summed E-state index contributed by atoms with van der Waals surface area (Å²) in [6.45, 7) is 2.71. The van der Waals surface area contributed by atoms with Gasteiger partial charge in [-0.1, -0.05) is 18.2 Å². The van der Waals surface area contributed by atoms with Gasteiger partial charge in [-0.3, -0.25) is 4.90 Å². The monoisotopic (exact) mass is 324 g/mol. The first-order valence-corrected chi connectivity index (χ1v) is 8.24. The Kier molecular flexibility index (Phi) is 4.00. The molecule has 24 heavy (non-hydrogen) atoms. The molecule has 0 spiro atoms. The summed E-state index contributed by atoms with van der Waals surface area (Å²) in [4.78, 5) is 22.1. The standard InChI is InChI=1S/C17H20N6O/c24-17-21-20-16(23(17)14-6-2-1-3-7-14)13-5-4-10-22(11-13)12-15-18-8-9-19-15/h1-3,6-9,13H,4-5,10-12H2,(H,18,19)(H,21,24)/t13-/m0/s1. The van der Waals surface area contributed by atoms with E-state index in [9.17, 15) is 4.79 Å². The first kappa shape index (κ1) is 14.9. The van der Waals surface area contributed by atoms with Crippen molar-refractivity contribution >= 4 is 0 Å². The maximum absolute atomic E-state index is 12.2. The number of piperidine rings is 1. The first-order chi connectivity index (χ1) is 11.8. The van der Waals surface area contributed by atoms with Crippen molar-refractivity contribution in [3.8, 4) is 5.69 Å². The van der Waals surface area contributed by atoms with Crippen LogP contribution in [0.1, 0.15) is 30.4 Å². The number of nitrogens with zero attached hydrogens (tertiary/aromatic N) is 4. The lowest BCUT2D eigenvalue weighted by atomic mass is 9.97. The topological polar surface area (TPSA) is 82.6 Å². The van der Waals surface area contributed by atoms with Crippen LogP contribution in [0.4, 0.5) is 0 Å². The van der Waals surface area contributed by atoms with Gasteiger partial charge in [-0.25, -0.2) is 19.4 Å². The minimum Gasteiger partial charge on any atom is -0.348 e. The molecular weight excluding hydrogens is 304 g/mol. The van der Waals surface area contributed by atoms with Crippen LogP contribution in [0.3, 0.4) is 0 Å². The zero-order chi connectivity index (χ0) is 16.4. The van der Waals surface area contributed by atoms with Gasteiger partial charge >= 0.3 is 5.69 Å². The Morgan fingerprint density at radius 1 is 1.25 bits per heavy atom. The van der Waals surface area contributed by atoms with Crippen LogP contribution in [-0.2, 0) is 6.54 Å². The van der Waals surface area contributed by atoms with Crippen LogP contribution in [0.2, 0.25) is 0 Å². The Morgan fingerprint density at radius 2 is 2.12 bits per heavy atom. The molecule has 1 aromatic carbocycles. The number of hydrogen-bond donors (Lipinski definition) is 2. The van der Waals surface area contributed by atoms with Gasteiger partial charge in [-0.15, -0.1) is 0 Å². The molecule has 1 atom stereocenters. The third-order valence-corrected chi connectivity index (χ3v) is 4.51. The van der Waals surface area contributed by atoms with E-state index in [0.717, 1.165) is 49.8 Å². The zero-order valence-electron chi connectivity index (χ0n) is 13.4. The van der Waals surface area contributed by atoms with E-state index in [1.165, 1.54) is 0 Å². The molecule has 7 nitrogen and oxygen atoms in total. The van der Waals surface area contributed by atoms with Crippen LogP contribution in [-0.4, -0.2) is 42.7 Å². The highest BCUT2D eigenvalue weighted by atomic mass is 16.1. The largest absolute Gasteiger partial charge is 0.348 e. The van der Waals surface area contributed by atoms with Crippen LogP contribution in [0.25, 0.3) is 5.69 Å². The van der Waals surface area contributed by atoms with Crippen molar-refractivity contribution in [3.05, 3.63) is 64.9 Å². The third-order valence-electron chi connectivity index (χ3n) is 4.51. The Hall–Kier alpha value is -2.67. The predicted octanol–water partition coefficient (Wildman–Crippen LogP) is 1.66. The van der Waals surface area contributed by atoms with E-state index in [1.807, 2.05) is 36.5 Å². The second-order valence-electron chi connectivity index (χ2n) is 6.17. The minimum absolute atomic E-state index is 0.181. The van der Waals surface area contributed by atoms with Crippen LogP contribution in [0, 0.1) is 0 Å². The zero-order valence-corrected chi connectivity index (χ0v) is 13.4. The van der Waals surface area contributed by atoms with Crippen molar-refractivity contribution in [3.63, 3.8) is 0 Å². The number of aromatic amines is 2. The molecule has 1 aliphatic heterocycles. The van der Waals surface area contributed by atoms with E-state index in [0.29, 0.717) is 0 Å². The lowest BCUT2D eigenvalue weighted by Gasteiger charge is -2.31. The number of aromatic nitrogens is 5. The Morgan fingerprint density at radius 3 is 2.92 bits per heavy atom. The third kappa shape index (κ3) is 2.90. The van der Waals surface area contributed by atoms with Crippen LogP contribution in [0.5, 0.6) is 0 Å². The number of benzene rings is 1. The molecule has 0 unspecified atom stereocenters. The van der Waals surface area contributed by atoms with Crippen molar-refractivity contribution in [1.29, 1.82) is 0 Å². The number of H-pyrrole nitrogens is 2. The predicted molar refractivity (Wildman–Crippen MR) is 90.0 cm³/mol. The van der Waals surface area contributed by atoms with Crippen LogP contribution < -0.4 is 5.69 Å². The van der Waals surface area contributed by atoms with Gasteiger partial charge in [0.1, 0.15) is 11.6 Å². The molecule has 1 aliphatic rings. The summed E-state index contributed by atoms with van der Waals surface area (Å²) in [5.41, 5.74) is 0.675. The van der Waals surface area contributed by atoms with Crippen molar-refractivity contribution in [2.45, 2.75) is 25.3 Å². The maximum atomic E-state index is 12.2. The molecule has 7 heteroatoms. The lowest BCUT2D eigenvalue weighted by molar-refractivity contribution is 0.192. The second kappa shape index (κ2) is 6.45. The number of para-hydroxylation sites is 1. The van der Waals surface area contributed by atoms with Gasteiger partial charge < -0.3 is 4.98 Å². The normalized spacial score (nSPS) is 18.8. The highest BCUT2D eigenvalue weighted by Gasteiger charge is 2.27. The molecule has 3 heterocycles. The lowest BCUT2D eigenvalue weighted by Crippen LogP contribution is -2.35. The fourth-order valence-electron chi connectivity index (χ4n) is 3.42. The molecule has 1 fully saturated rings. The molecule has 0 bridgehead atoms. The Labute approximate surface area is 139 Å². The Balaban J connectivity index is 1.59. The summed E-state index contributed by atoms with van der Waals surface area (Å²) in [7, 11) is 0. The summed E-state index contributed by atoms with van der Waals surface area (Å²) in [6, 6.07) is 9.68. The molecule has 0 amide bonds. The van der Waals surface area contributed by atoms with Crippen LogP contribution in [0.15, 0.2) is 47.5 Å². The van der Waals surface area contributed by atoms with Crippen molar-refractivity contribution in [2.24, 2.45) is 0 Å². The van der Waals surface area contributed by atoms with Crippen molar-refractivity contribution in [2.75, 3.05) is 13.1 Å². The Bertz CT molecular complexity index is 836. The summed E-state index contributed by atoms with van der Waals surface area (Å²) in [6.07, 6.45) is 5.74. The minimum atomic E-state index is -0.181. The molecule has 4 rings (SSSR count). The molecule has 0 saturated carbocycles. The highest BCUT2D eigenvalue weighted by Crippen LogP contribution is 2.26. The molecule has 124 valence electrons. The number of hydrogen-bond acceptors (Lipinski definition) is 4. The summed E-state index contributed by atoms with van der Waals surface area (Å²) >= 11 is 0. The van der Waals surface area contributed by atoms with Crippen LogP contribution >= 0.6 is 0 Å². The molecular formula is C17H20N6O. The van der Waals surface area contributed by atoms with Gasteiger partial charge in [0.05, 0.1) is 12.2 Å². The number of imidazole rings is 1. The fraction of sp³-hybridized carbons (Fsp3) is 0.353. The van der Waals surface area contributed by atoms with Crippen molar-refractivity contribution in [1.82, 2.24) is 29.6 Å². The quantitative estimate of drug-likeness (QED) is 0.765. The van der Waals surface area contributed by atoms with E-state index in [-0.39, 0.29) is 11.6 Å². The van der Waals surface area contributed by atoms with Gasteiger partial charge in [0.15, 0.2) is 0 Å². The summed E-state index contributed by atoms with van der Waals surface area (Å²) in [5.74, 6) is 2.02. The SMILES string of the molecule is O=c1[nH]nc([C@H]2CCCN(Cc3ncc[nH]3)C2)n1-c1ccccc1. The molecule has 2 aromatic heterocycles. The second-order valence-corrected chi connectivity index (χ2v) is 6.17. The van der Waals surface area contributed by atoms with E-state index in [4.69, 9.17) is 0 Å². The van der Waals surface area contributed by atoms with Crippen molar-refractivity contribution < 1.29 is 0 Å².